The van der Waals surface area contributed by atoms with E-state index in [1.54, 1.807) is 10.9 Å². The summed E-state index contributed by atoms with van der Waals surface area (Å²) in [5.41, 5.74) is 1.30. The third-order valence-electron chi connectivity index (χ3n) is 3.43. The molecule has 0 fully saturated rings. The Balaban J connectivity index is 2.09. The van der Waals surface area contributed by atoms with Gasteiger partial charge < -0.3 is 0 Å². The van der Waals surface area contributed by atoms with Gasteiger partial charge in [0, 0.05) is 6.54 Å². The first-order valence-corrected chi connectivity index (χ1v) is 10.0. The minimum atomic E-state index is -3.63. The van der Waals surface area contributed by atoms with E-state index in [9.17, 15) is 8.42 Å². The van der Waals surface area contributed by atoms with Gasteiger partial charge in [-0.25, -0.2) is 17.8 Å². The summed E-state index contributed by atoms with van der Waals surface area (Å²) in [6.45, 7) is 4.33. The van der Waals surface area contributed by atoms with Gasteiger partial charge in [-0.1, -0.05) is 38.1 Å². The Morgan fingerprint density at radius 1 is 1.17 bits per heavy atom. The lowest BCUT2D eigenvalue weighted by atomic mass is 10.2. The number of thiophene rings is 1. The molecule has 0 aliphatic heterocycles. The van der Waals surface area contributed by atoms with Gasteiger partial charge in [0.05, 0.1) is 16.8 Å². The number of rotatable bonds is 6. The highest BCUT2D eigenvalue weighted by Gasteiger charge is 2.24. The Bertz CT molecular complexity index is 899. The molecule has 126 valence electrons. The van der Waals surface area contributed by atoms with Gasteiger partial charge in [-0.2, -0.15) is 5.10 Å². The molecular formula is C17H19N3O2S2. The van der Waals surface area contributed by atoms with E-state index in [1.165, 1.54) is 11.3 Å². The minimum Gasteiger partial charge on any atom is -0.239 e. The van der Waals surface area contributed by atoms with Crippen molar-refractivity contribution < 1.29 is 8.42 Å². The molecule has 3 aromatic rings. The van der Waals surface area contributed by atoms with Crippen LogP contribution in [0.25, 0.3) is 16.3 Å². The zero-order chi connectivity index (χ0) is 17.2. The van der Waals surface area contributed by atoms with E-state index in [2.05, 4.69) is 9.82 Å². The molecule has 1 aromatic carbocycles. The van der Waals surface area contributed by atoms with Gasteiger partial charge in [-0.3, -0.25) is 0 Å². The predicted molar refractivity (Wildman–Crippen MR) is 96.9 cm³/mol. The summed E-state index contributed by atoms with van der Waals surface area (Å²) in [5, 5.41) is 6.44. The standard InChI is InChI=1S/C17H19N3O2S2/c1-13(2)11-18-24(21,22)16-12-20(14-7-4-3-5-8-14)19-17(16)15-9-6-10-23-15/h3-10,12-13,18H,11H2,1-2H3. The summed E-state index contributed by atoms with van der Waals surface area (Å²) in [6.07, 6.45) is 1.58. The highest BCUT2D eigenvalue weighted by atomic mass is 32.2. The summed E-state index contributed by atoms with van der Waals surface area (Å²) in [4.78, 5) is 1.03. The van der Waals surface area contributed by atoms with Crippen molar-refractivity contribution >= 4 is 21.4 Å². The molecule has 2 aromatic heterocycles. The van der Waals surface area contributed by atoms with Crippen LogP contribution in [0.2, 0.25) is 0 Å². The van der Waals surface area contributed by atoms with E-state index < -0.39 is 10.0 Å². The van der Waals surface area contributed by atoms with Crippen molar-refractivity contribution in [3.8, 4) is 16.3 Å². The average Bonchev–Trinajstić information content (AvgIpc) is 3.23. The predicted octanol–water partition coefficient (Wildman–Crippen LogP) is 3.54. The molecule has 0 radical (unpaired) electrons. The quantitative estimate of drug-likeness (QED) is 0.730. The molecule has 0 unspecified atom stereocenters. The third-order valence-corrected chi connectivity index (χ3v) is 5.73. The first-order chi connectivity index (χ1) is 11.5. The maximum Gasteiger partial charge on any atom is 0.244 e. The lowest BCUT2D eigenvalue weighted by Crippen LogP contribution is -2.27. The fourth-order valence-corrected chi connectivity index (χ4v) is 4.35. The highest BCUT2D eigenvalue weighted by molar-refractivity contribution is 7.89. The molecule has 0 spiro atoms. The van der Waals surface area contributed by atoms with E-state index in [0.29, 0.717) is 12.2 Å². The molecule has 24 heavy (non-hydrogen) atoms. The van der Waals surface area contributed by atoms with Crippen LogP contribution >= 0.6 is 11.3 Å². The van der Waals surface area contributed by atoms with Crippen molar-refractivity contribution in [2.75, 3.05) is 6.54 Å². The van der Waals surface area contributed by atoms with Crippen LogP contribution in [-0.2, 0) is 10.0 Å². The Kier molecular flexibility index (Phi) is 4.84. The molecule has 0 saturated heterocycles. The molecule has 7 heteroatoms. The van der Waals surface area contributed by atoms with Gasteiger partial charge in [0.2, 0.25) is 10.0 Å². The molecular weight excluding hydrogens is 342 g/mol. The normalized spacial score (nSPS) is 12.0. The van der Waals surface area contributed by atoms with E-state index >= 15 is 0 Å². The van der Waals surface area contributed by atoms with Crippen molar-refractivity contribution in [3.63, 3.8) is 0 Å². The Hall–Kier alpha value is -1.96. The second kappa shape index (κ2) is 6.88. The third kappa shape index (κ3) is 3.58. The van der Waals surface area contributed by atoms with Gasteiger partial charge in [0.1, 0.15) is 10.6 Å². The van der Waals surface area contributed by atoms with Crippen LogP contribution in [0.4, 0.5) is 0 Å². The SMILES string of the molecule is CC(C)CNS(=O)(=O)c1cn(-c2ccccc2)nc1-c1cccs1. The average molecular weight is 361 g/mol. The molecule has 0 saturated carbocycles. The van der Waals surface area contributed by atoms with Crippen LogP contribution in [0.1, 0.15) is 13.8 Å². The zero-order valence-corrected chi connectivity index (χ0v) is 15.1. The Morgan fingerprint density at radius 3 is 2.54 bits per heavy atom. The number of hydrogen-bond donors (Lipinski definition) is 1. The summed E-state index contributed by atoms with van der Waals surface area (Å²) < 4.78 is 29.8. The Morgan fingerprint density at radius 2 is 1.92 bits per heavy atom. The fourth-order valence-electron chi connectivity index (χ4n) is 2.21. The molecule has 2 heterocycles. The van der Waals surface area contributed by atoms with Gasteiger partial charge in [0.25, 0.3) is 0 Å². The number of benzene rings is 1. The maximum absolute atomic E-state index is 12.7. The van der Waals surface area contributed by atoms with Gasteiger partial charge in [-0.05, 0) is 29.5 Å². The van der Waals surface area contributed by atoms with Crippen molar-refractivity contribution in [2.24, 2.45) is 5.92 Å². The molecule has 0 atom stereocenters. The molecule has 3 rings (SSSR count). The molecule has 0 bridgehead atoms. The van der Waals surface area contributed by atoms with Crippen molar-refractivity contribution in [2.45, 2.75) is 18.7 Å². The maximum atomic E-state index is 12.7. The minimum absolute atomic E-state index is 0.203. The van der Waals surface area contributed by atoms with Crippen LogP contribution in [0, 0.1) is 5.92 Å². The molecule has 5 nitrogen and oxygen atoms in total. The molecule has 0 aliphatic carbocycles. The lowest BCUT2D eigenvalue weighted by molar-refractivity contribution is 0.560. The van der Waals surface area contributed by atoms with E-state index in [0.717, 1.165) is 10.6 Å². The van der Waals surface area contributed by atoms with Crippen LogP contribution in [0.15, 0.2) is 58.9 Å². The lowest BCUT2D eigenvalue weighted by Gasteiger charge is -2.08. The van der Waals surface area contributed by atoms with Crippen LogP contribution in [0.5, 0.6) is 0 Å². The largest absolute Gasteiger partial charge is 0.244 e. The second-order valence-electron chi connectivity index (χ2n) is 5.85. The summed E-state index contributed by atoms with van der Waals surface area (Å²) in [7, 11) is -3.63. The van der Waals surface area contributed by atoms with Crippen LogP contribution < -0.4 is 4.72 Å². The number of nitrogens with zero attached hydrogens (tertiary/aromatic N) is 2. The topological polar surface area (TPSA) is 64.0 Å². The second-order valence-corrected chi connectivity index (χ2v) is 8.53. The zero-order valence-electron chi connectivity index (χ0n) is 13.5. The summed E-state index contributed by atoms with van der Waals surface area (Å²) in [5.74, 6) is 0.231. The monoisotopic (exact) mass is 361 g/mol. The van der Waals surface area contributed by atoms with Crippen molar-refractivity contribution in [1.82, 2.24) is 14.5 Å². The van der Waals surface area contributed by atoms with Crippen LogP contribution in [-0.4, -0.2) is 24.7 Å². The Labute approximate surface area is 146 Å². The smallest absolute Gasteiger partial charge is 0.239 e. The molecule has 0 amide bonds. The first kappa shape index (κ1) is 16.9. The number of sulfonamides is 1. The highest BCUT2D eigenvalue weighted by Crippen LogP contribution is 2.30. The number of nitrogens with one attached hydrogen (secondary N) is 1. The van der Waals surface area contributed by atoms with E-state index in [4.69, 9.17) is 0 Å². The molecule has 0 aliphatic rings. The number of para-hydroxylation sites is 1. The first-order valence-electron chi connectivity index (χ1n) is 7.66. The number of hydrogen-bond acceptors (Lipinski definition) is 4. The fraction of sp³-hybridized carbons (Fsp3) is 0.235. The summed E-state index contributed by atoms with van der Waals surface area (Å²) in [6, 6.07) is 13.3. The van der Waals surface area contributed by atoms with Crippen molar-refractivity contribution in [1.29, 1.82) is 0 Å². The van der Waals surface area contributed by atoms with E-state index in [-0.39, 0.29) is 10.8 Å². The number of aromatic nitrogens is 2. The van der Waals surface area contributed by atoms with E-state index in [1.807, 2.05) is 61.7 Å². The van der Waals surface area contributed by atoms with Gasteiger partial charge >= 0.3 is 0 Å². The summed E-state index contributed by atoms with van der Waals surface area (Å²) >= 11 is 1.47. The van der Waals surface area contributed by atoms with Gasteiger partial charge in [-0.15, -0.1) is 11.3 Å². The van der Waals surface area contributed by atoms with Gasteiger partial charge in [0.15, 0.2) is 0 Å². The van der Waals surface area contributed by atoms with Crippen LogP contribution in [0.3, 0.4) is 0 Å². The molecule has 1 N–H and O–H groups in total. The van der Waals surface area contributed by atoms with Crippen molar-refractivity contribution in [3.05, 3.63) is 54.0 Å².